The zero-order chi connectivity index (χ0) is 17.1. The molecule has 1 aromatic carbocycles. The van der Waals surface area contributed by atoms with E-state index in [-0.39, 0.29) is 12.4 Å². The fourth-order valence-corrected chi connectivity index (χ4v) is 4.65. The van der Waals surface area contributed by atoms with E-state index in [1.165, 1.54) is 41.1 Å². The second-order valence-corrected chi connectivity index (χ2v) is 8.19. The Balaban J connectivity index is 0.00000225. The summed E-state index contributed by atoms with van der Waals surface area (Å²) >= 11 is 1.85. The van der Waals surface area contributed by atoms with Gasteiger partial charge in [0.2, 0.25) is 0 Å². The average molecular weight is 380 g/mol. The van der Waals surface area contributed by atoms with Gasteiger partial charge in [0.1, 0.15) is 5.01 Å². The fraction of sp³-hybridized carbons (Fsp3) is 0.550. The van der Waals surface area contributed by atoms with Crippen LogP contribution in [0.25, 0.3) is 10.6 Å². The molecule has 0 radical (unpaired) electrons. The quantitative estimate of drug-likeness (QED) is 0.805. The number of piperidine rings is 1. The molecule has 2 heterocycles. The van der Waals surface area contributed by atoms with Crippen molar-refractivity contribution in [1.82, 2.24) is 15.2 Å². The molecular weight excluding hydrogens is 350 g/mol. The maximum atomic E-state index is 4.84. The zero-order valence-corrected chi connectivity index (χ0v) is 17.3. The van der Waals surface area contributed by atoms with E-state index in [2.05, 4.69) is 62.3 Å². The molecule has 1 aromatic heterocycles. The zero-order valence-electron chi connectivity index (χ0n) is 15.7. The highest BCUT2D eigenvalue weighted by Crippen LogP contribution is 2.34. The summed E-state index contributed by atoms with van der Waals surface area (Å²) in [7, 11) is 2.25. The third kappa shape index (κ3) is 5.04. The van der Waals surface area contributed by atoms with Gasteiger partial charge in [-0.05, 0) is 59.7 Å². The van der Waals surface area contributed by atoms with Gasteiger partial charge in [-0.25, -0.2) is 4.98 Å². The molecule has 2 atom stereocenters. The fourth-order valence-electron chi connectivity index (χ4n) is 3.46. The van der Waals surface area contributed by atoms with Crippen LogP contribution in [0, 0.1) is 19.8 Å². The maximum absolute atomic E-state index is 4.84. The Morgan fingerprint density at radius 2 is 2.00 bits per heavy atom. The van der Waals surface area contributed by atoms with Crippen LogP contribution in [-0.4, -0.2) is 36.6 Å². The van der Waals surface area contributed by atoms with Crippen molar-refractivity contribution in [3.63, 3.8) is 0 Å². The van der Waals surface area contributed by atoms with Crippen LogP contribution in [0.15, 0.2) is 24.3 Å². The molecule has 2 aromatic rings. The van der Waals surface area contributed by atoms with E-state index in [4.69, 9.17) is 4.98 Å². The first kappa shape index (κ1) is 20.4. The number of aryl methyl sites for hydroxylation is 2. The summed E-state index contributed by atoms with van der Waals surface area (Å²) < 4.78 is 0. The summed E-state index contributed by atoms with van der Waals surface area (Å²) in [5.74, 6) is 0.774. The molecule has 0 aliphatic carbocycles. The van der Waals surface area contributed by atoms with Crippen molar-refractivity contribution in [2.75, 3.05) is 26.7 Å². The number of rotatable bonds is 5. The molecule has 1 aliphatic heterocycles. The minimum Gasteiger partial charge on any atom is -0.316 e. The summed E-state index contributed by atoms with van der Waals surface area (Å²) in [5.41, 5.74) is 3.70. The Morgan fingerprint density at radius 3 is 2.64 bits per heavy atom. The van der Waals surface area contributed by atoms with Crippen molar-refractivity contribution in [1.29, 1.82) is 0 Å². The van der Waals surface area contributed by atoms with Gasteiger partial charge < -0.3 is 5.32 Å². The molecule has 0 bridgehead atoms. The van der Waals surface area contributed by atoms with E-state index < -0.39 is 0 Å². The molecule has 0 amide bonds. The van der Waals surface area contributed by atoms with Crippen LogP contribution in [0.1, 0.15) is 41.9 Å². The lowest BCUT2D eigenvalue weighted by molar-refractivity contribution is 0.200. The SMILES string of the molecule is Cc1ccc(-c2nc(C)c(C(C)N(C)CC3CCCNC3)s2)cc1.Cl. The summed E-state index contributed by atoms with van der Waals surface area (Å²) in [6.07, 6.45) is 2.66. The van der Waals surface area contributed by atoms with Gasteiger partial charge in [-0.2, -0.15) is 0 Å². The first-order valence-corrected chi connectivity index (χ1v) is 9.81. The maximum Gasteiger partial charge on any atom is 0.123 e. The highest BCUT2D eigenvalue weighted by atomic mass is 35.5. The standard InChI is InChI=1S/C20H29N3S.ClH/c1-14-7-9-18(10-8-14)20-22-15(2)19(24-20)16(3)23(4)13-17-6-5-11-21-12-17;/h7-10,16-17,21H,5-6,11-13H2,1-4H3;1H. The molecule has 138 valence electrons. The Hall–Kier alpha value is -0.940. The topological polar surface area (TPSA) is 28.2 Å². The van der Waals surface area contributed by atoms with Crippen LogP contribution in [0.5, 0.6) is 0 Å². The molecule has 2 unspecified atom stereocenters. The van der Waals surface area contributed by atoms with Gasteiger partial charge in [-0.1, -0.05) is 29.8 Å². The number of halogens is 1. The number of hydrogen-bond donors (Lipinski definition) is 1. The molecular formula is C20H30ClN3S. The average Bonchev–Trinajstić information content (AvgIpc) is 2.97. The molecule has 1 fully saturated rings. The first-order valence-electron chi connectivity index (χ1n) is 9.00. The lowest BCUT2D eigenvalue weighted by Crippen LogP contribution is -2.37. The number of thiazole rings is 1. The van der Waals surface area contributed by atoms with Crippen molar-refractivity contribution < 1.29 is 0 Å². The predicted molar refractivity (Wildman–Crippen MR) is 111 cm³/mol. The van der Waals surface area contributed by atoms with E-state index >= 15 is 0 Å². The summed E-state index contributed by atoms with van der Waals surface area (Å²) in [5, 5.41) is 4.66. The minimum absolute atomic E-state index is 0. The normalized spacial score (nSPS) is 18.8. The molecule has 1 N–H and O–H groups in total. The number of nitrogens with zero attached hydrogens (tertiary/aromatic N) is 2. The largest absolute Gasteiger partial charge is 0.316 e. The van der Waals surface area contributed by atoms with E-state index in [9.17, 15) is 0 Å². The van der Waals surface area contributed by atoms with Crippen LogP contribution < -0.4 is 5.32 Å². The van der Waals surface area contributed by atoms with Gasteiger partial charge in [0.05, 0.1) is 5.69 Å². The van der Waals surface area contributed by atoms with Crippen LogP contribution in [0.4, 0.5) is 0 Å². The number of hydrogen-bond acceptors (Lipinski definition) is 4. The van der Waals surface area contributed by atoms with Crippen molar-refractivity contribution >= 4 is 23.7 Å². The molecule has 1 aliphatic rings. The van der Waals surface area contributed by atoms with E-state index in [1.807, 2.05) is 11.3 Å². The van der Waals surface area contributed by atoms with E-state index in [1.54, 1.807) is 0 Å². The number of nitrogens with one attached hydrogen (secondary N) is 1. The summed E-state index contributed by atoms with van der Waals surface area (Å²) in [4.78, 5) is 8.74. The van der Waals surface area contributed by atoms with Crippen LogP contribution in [-0.2, 0) is 0 Å². The number of aromatic nitrogens is 1. The van der Waals surface area contributed by atoms with Crippen molar-refractivity contribution in [3.8, 4) is 10.6 Å². The van der Waals surface area contributed by atoms with Crippen molar-refractivity contribution in [3.05, 3.63) is 40.4 Å². The second kappa shape index (κ2) is 9.13. The lowest BCUT2D eigenvalue weighted by atomic mass is 9.98. The van der Waals surface area contributed by atoms with Gasteiger partial charge >= 0.3 is 0 Å². The second-order valence-electron chi connectivity index (χ2n) is 7.16. The van der Waals surface area contributed by atoms with Crippen LogP contribution in [0.2, 0.25) is 0 Å². The highest BCUT2D eigenvalue weighted by molar-refractivity contribution is 7.15. The van der Waals surface area contributed by atoms with Crippen molar-refractivity contribution in [2.45, 2.75) is 39.7 Å². The van der Waals surface area contributed by atoms with Gasteiger partial charge in [0.25, 0.3) is 0 Å². The molecule has 0 spiro atoms. The Bertz CT molecular complexity index is 662. The Morgan fingerprint density at radius 1 is 1.28 bits per heavy atom. The molecule has 3 rings (SSSR count). The molecule has 5 heteroatoms. The molecule has 0 saturated carbocycles. The molecule has 25 heavy (non-hydrogen) atoms. The molecule has 3 nitrogen and oxygen atoms in total. The van der Waals surface area contributed by atoms with E-state index in [0.29, 0.717) is 6.04 Å². The van der Waals surface area contributed by atoms with Crippen LogP contribution in [0.3, 0.4) is 0 Å². The van der Waals surface area contributed by atoms with Crippen molar-refractivity contribution in [2.24, 2.45) is 5.92 Å². The minimum atomic E-state index is 0. The van der Waals surface area contributed by atoms with Gasteiger partial charge in [0, 0.05) is 23.0 Å². The number of benzene rings is 1. The highest BCUT2D eigenvalue weighted by Gasteiger charge is 2.22. The third-order valence-corrected chi connectivity index (χ3v) is 6.49. The Labute approximate surface area is 162 Å². The Kier molecular flexibility index (Phi) is 7.44. The summed E-state index contributed by atoms with van der Waals surface area (Å²) in [6, 6.07) is 9.11. The lowest BCUT2D eigenvalue weighted by Gasteiger charge is -2.31. The molecule has 1 saturated heterocycles. The summed E-state index contributed by atoms with van der Waals surface area (Å²) in [6.45, 7) is 10.1. The van der Waals surface area contributed by atoms with Crippen LogP contribution >= 0.6 is 23.7 Å². The van der Waals surface area contributed by atoms with Gasteiger partial charge in [0.15, 0.2) is 0 Å². The predicted octanol–water partition coefficient (Wildman–Crippen LogP) is 4.84. The third-order valence-electron chi connectivity index (χ3n) is 5.12. The first-order chi connectivity index (χ1) is 11.5. The van der Waals surface area contributed by atoms with Gasteiger partial charge in [-0.15, -0.1) is 23.7 Å². The monoisotopic (exact) mass is 379 g/mol. The van der Waals surface area contributed by atoms with E-state index in [0.717, 1.165) is 24.0 Å². The smallest absolute Gasteiger partial charge is 0.123 e. The van der Waals surface area contributed by atoms with Gasteiger partial charge in [-0.3, -0.25) is 4.90 Å².